The number of hydrazine groups is 1. The third-order valence-electron chi connectivity index (χ3n) is 3.54. The lowest BCUT2D eigenvalue weighted by molar-refractivity contribution is 0.0935. The Morgan fingerprint density at radius 1 is 1.19 bits per heavy atom. The average molecular weight is 354 g/mol. The highest BCUT2D eigenvalue weighted by atomic mass is 16.5. The molecule has 0 aliphatic heterocycles. The van der Waals surface area contributed by atoms with E-state index in [2.05, 4.69) is 26.1 Å². The minimum absolute atomic E-state index is 0.169. The van der Waals surface area contributed by atoms with Gasteiger partial charge in [0.1, 0.15) is 17.8 Å². The van der Waals surface area contributed by atoms with Gasteiger partial charge in [-0.15, -0.1) is 0 Å². The highest BCUT2D eigenvalue weighted by Gasteiger charge is 2.11. The van der Waals surface area contributed by atoms with Crippen LogP contribution in [0.25, 0.3) is 0 Å². The number of aromatic nitrogens is 2. The second kappa shape index (κ2) is 7.88. The van der Waals surface area contributed by atoms with Crippen molar-refractivity contribution in [2.75, 3.05) is 23.6 Å². The summed E-state index contributed by atoms with van der Waals surface area (Å²) in [5.74, 6) is 1.24. The van der Waals surface area contributed by atoms with Crippen LogP contribution in [0.5, 0.6) is 5.75 Å². The molecule has 134 valence electrons. The van der Waals surface area contributed by atoms with Crippen LogP contribution >= 0.6 is 0 Å². The number of hydrogen-bond acceptors (Lipinski definition) is 8. The predicted octanol–water partition coefficient (Wildman–Crippen LogP) is 2.03. The lowest BCUT2D eigenvalue weighted by atomic mass is 10.2. The van der Waals surface area contributed by atoms with Crippen molar-refractivity contribution in [2.24, 2.45) is 0 Å². The summed E-state index contributed by atoms with van der Waals surface area (Å²) in [4.78, 5) is 20.0. The second-order valence-electron chi connectivity index (χ2n) is 5.24. The van der Waals surface area contributed by atoms with E-state index in [0.717, 1.165) is 11.3 Å². The Kier molecular flexibility index (Phi) is 5.18. The number of carbonyl (C=O) groups is 1. The molecule has 9 heteroatoms. The van der Waals surface area contributed by atoms with E-state index in [-0.39, 0.29) is 17.3 Å². The van der Waals surface area contributed by atoms with Gasteiger partial charge in [0.05, 0.1) is 13.4 Å². The number of furan rings is 1. The van der Waals surface area contributed by atoms with Crippen LogP contribution in [0.4, 0.5) is 17.3 Å². The van der Waals surface area contributed by atoms with Crippen molar-refractivity contribution in [2.45, 2.75) is 6.54 Å². The maximum Gasteiger partial charge on any atom is 0.305 e. The van der Waals surface area contributed by atoms with Gasteiger partial charge < -0.3 is 20.2 Å². The molecule has 2 aromatic heterocycles. The first kappa shape index (κ1) is 17.1. The molecule has 26 heavy (non-hydrogen) atoms. The first-order chi connectivity index (χ1) is 12.7. The number of amides is 1. The van der Waals surface area contributed by atoms with Gasteiger partial charge in [-0.2, -0.15) is 0 Å². The highest BCUT2D eigenvalue weighted by Crippen LogP contribution is 2.22. The molecule has 0 aliphatic rings. The van der Waals surface area contributed by atoms with E-state index >= 15 is 0 Å². The van der Waals surface area contributed by atoms with Gasteiger partial charge in [-0.25, -0.2) is 9.97 Å². The molecule has 0 spiro atoms. The highest BCUT2D eigenvalue weighted by molar-refractivity contribution is 5.92. The van der Waals surface area contributed by atoms with E-state index in [1.807, 2.05) is 24.3 Å². The number of carbonyl (C=O) groups excluding carboxylic acids is 1. The molecule has 1 aromatic carbocycles. The third-order valence-corrected chi connectivity index (χ3v) is 3.54. The Balaban J connectivity index is 1.61. The molecule has 0 saturated carbocycles. The molecule has 3 aromatic rings. The number of nitrogens with two attached hydrogens (primary N) is 1. The molecule has 0 radical (unpaired) electrons. The first-order valence-corrected chi connectivity index (χ1v) is 7.74. The fourth-order valence-corrected chi connectivity index (χ4v) is 2.15. The topological polar surface area (TPSA) is 127 Å². The van der Waals surface area contributed by atoms with Gasteiger partial charge in [0.25, 0.3) is 0 Å². The Morgan fingerprint density at radius 2 is 1.96 bits per heavy atom. The van der Waals surface area contributed by atoms with E-state index in [1.54, 1.807) is 19.2 Å². The standard InChI is InChI=1S/C17H18N6O3/c1-25-12-6-4-11(5-7-12)9-19-15-14(18)16(21-10-20-15)22-23-17(24)13-3-2-8-26-13/h2-8,10H,9,18H2,1H3,(H,23,24)(H2,19,20,21,22). The number of nitrogens with zero attached hydrogens (tertiary/aromatic N) is 2. The van der Waals surface area contributed by atoms with Gasteiger partial charge in [-0.1, -0.05) is 12.1 Å². The second-order valence-corrected chi connectivity index (χ2v) is 5.24. The summed E-state index contributed by atoms with van der Waals surface area (Å²) in [7, 11) is 1.62. The molecule has 9 nitrogen and oxygen atoms in total. The number of methoxy groups -OCH3 is 1. The van der Waals surface area contributed by atoms with Crippen LogP contribution in [0, 0.1) is 0 Å². The zero-order valence-electron chi connectivity index (χ0n) is 14.0. The van der Waals surface area contributed by atoms with Crippen LogP contribution in [0.1, 0.15) is 16.1 Å². The Hall–Kier alpha value is -3.75. The molecule has 0 atom stereocenters. The van der Waals surface area contributed by atoms with Crippen molar-refractivity contribution < 1.29 is 13.9 Å². The molecule has 5 N–H and O–H groups in total. The molecular formula is C17H18N6O3. The fraction of sp³-hybridized carbons (Fsp3) is 0.118. The van der Waals surface area contributed by atoms with Gasteiger partial charge in [-0.3, -0.25) is 15.6 Å². The number of rotatable bonds is 7. The number of anilines is 3. The lowest BCUT2D eigenvalue weighted by Crippen LogP contribution is -2.30. The minimum atomic E-state index is -0.444. The Bertz CT molecular complexity index is 865. The summed E-state index contributed by atoms with van der Waals surface area (Å²) in [5.41, 5.74) is 12.5. The summed E-state index contributed by atoms with van der Waals surface area (Å²) < 4.78 is 10.1. The molecule has 0 fully saturated rings. The zero-order valence-corrected chi connectivity index (χ0v) is 14.0. The molecule has 0 aliphatic carbocycles. The van der Waals surface area contributed by atoms with Crippen molar-refractivity contribution in [3.05, 3.63) is 60.3 Å². The molecule has 0 bridgehead atoms. The maximum atomic E-state index is 11.9. The quantitative estimate of drug-likeness (QED) is 0.475. The summed E-state index contributed by atoms with van der Waals surface area (Å²) in [6.45, 7) is 0.517. The van der Waals surface area contributed by atoms with Crippen LogP contribution in [0.3, 0.4) is 0 Å². The Labute approximate surface area is 149 Å². The molecule has 0 saturated heterocycles. The zero-order chi connectivity index (χ0) is 18.4. The van der Waals surface area contributed by atoms with Gasteiger partial charge in [0.2, 0.25) is 0 Å². The summed E-state index contributed by atoms with van der Waals surface area (Å²) >= 11 is 0. The summed E-state index contributed by atoms with van der Waals surface area (Å²) in [6.07, 6.45) is 2.75. The van der Waals surface area contributed by atoms with E-state index in [1.165, 1.54) is 12.6 Å². The SMILES string of the molecule is COc1ccc(CNc2ncnc(NNC(=O)c3ccco3)c2N)cc1. The van der Waals surface area contributed by atoms with Crippen molar-refractivity contribution >= 4 is 23.2 Å². The number of nitrogens with one attached hydrogen (secondary N) is 3. The van der Waals surface area contributed by atoms with Crippen molar-refractivity contribution in [1.29, 1.82) is 0 Å². The molecule has 1 amide bonds. The van der Waals surface area contributed by atoms with Crippen LogP contribution < -0.4 is 26.6 Å². The van der Waals surface area contributed by atoms with Crippen molar-refractivity contribution in [1.82, 2.24) is 15.4 Å². The third kappa shape index (κ3) is 4.01. The molecule has 0 unspecified atom stereocenters. The predicted molar refractivity (Wildman–Crippen MR) is 96.6 cm³/mol. The number of benzene rings is 1. The van der Waals surface area contributed by atoms with Gasteiger partial charge in [0, 0.05) is 6.54 Å². The van der Waals surface area contributed by atoms with E-state index in [4.69, 9.17) is 14.9 Å². The maximum absolute atomic E-state index is 11.9. The van der Waals surface area contributed by atoms with Crippen LogP contribution in [0.15, 0.2) is 53.4 Å². The van der Waals surface area contributed by atoms with Crippen LogP contribution in [-0.2, 0) is 6.54 Å². The van der Waals surface area contributed by atoms with E-state index in [9.17, 15) is 4.79 Å². The van der Waals surface area contributed by atoms with E-state index < -0.39 is 5.91 Å². The number of ether oxygens (including phenoxy) is 1. The summed E-state index contributed by atoms with van der Waals surface area (Å²) in [6, 6.07) is 10.8. The monoisotopic (exact) mass is 354 g/mol. The molecule has 2 heterocycles. The number of hydrogen-bond donors (Lipinski definition) is 4. The minimum Gasteiger partial charge on any atom is -0.497 e. The lowest BCUT2D eigenvalue weighted by Gasteiger charge is -2.13. The Morgan fingerprint density at radius 3 is 2.65 bits per heavy atom. The summed E-state index contributed by atoms with van der Waals surface area (Å²) in [5, 5.41) is 3.13. The normalized spacial score (nSPS) is 10.2. The van der Waals surface area contributed by atoms with Crippen LogP contribution in [0.2, 0.25) is 0 Å². The first-order valence-electron chi connectivity index (χ1n) is 7.74. The van der Waals surface area contributed by atoms with Crippen molar-refractivity contribution in [3.8, 4) is 5.75 Å². The van der Waals surface area contributed by atoms with E-state index in [0.29, 0.717) is 12.4 Å². The van der Waals surface area contributed by atoms with Gasteiger partial charge in [-0.05, 0) is 29.8 Å². The fourth-order valence-electron chi connectivity index (χ4n) is 2.15. The largest absolute Gasteiger partial charge is 0.497 e. The van der Waals surface area contributed by atoms with Gasteiger partial charge in [0.15, 0.2) is 17.4 Å². The smallest absolute Gasteiger partial charge is 0.305 e. The molecular weight excluding hydrogens is 336 g/mol. The van der Waals surface area contributed by atoms with Crippen LogP contribution in [-0.4, -0.2) is 23.0 Å². The number of nitrogen functional groups attached to an aromatic ring is 1. The van der Waals surface area contributed by atoms with Gasteiger partial charge >= 0.3 is 5.91 Å². The average Bonchev–Trinajstić information content (AvgIpc) is 3.21. The molecule has 3 rings (SSSR count). The van der Waals surface area contributed by atoms with Crippen molar-refractivity contribution in [3.63, 3.8) is 0 Å².